The third-order valence-corrected chi connectivity index (χ3v) is 4.99. The van der Waals surface area contributed by atoms with Crippen LogP contribution in [0.3, 0.4) is 0 Å². The van der Waals surface area contributed by atoms with Gasteiger partial charge in [0.15, 0.2) is 0 Å². The highest BCUT2D eigenvalue weighted by molar-refractivity contribution is 6.31. The van der Waals surface area contributed by atoms with Crippen LogP contribution in [0.25, 0.3) is 0 Å². The number of hydrogen-bond acceptors (Lipinski definition) is 5. The van der Waals surface area contributed by atoms with Crippen molar-refractivity contribution in [2.24, 2.45) is 5.92 Å². The Balaban J connectivity index is 1.62. The van der Waals surface area contributed by atoms with Crippen molar-refractivity contribution in [1.29, 1.82) is 0 Å². The van der Waals surface area contributed by atoms with Gasteiger partial charge in [0.05, 0.1) is 11.1 Å². The Labute approximate surface area is 174 Å². The number of benzene rings is 1. The lowest BCUT2D eigenvalue weighted by Gasteiger charge is -2.33. The molecule has 0 atom stereocenters. The third kappa shape index (κ3) is 5.23. The van der Waals surface area contributed by atoms with E-state index in [1.54, 1.807) is 32.2 Å². The monoisotopic (exact) mass is 419 g/mol. The summed E-state index contributed by atoms with van der Waals surface area (Å²) in [5.74, 6) is -0.684. The molecule has 1 saturated heterocycles. The Bertz CT molecular complexity index is 898. The first-order valence-electron chi connectivity index (χ1n) is 9.52. The molecule has 3 rings (SSSR count). The number of aromatic nitrogens is 1. The predicted molar refractivity (Wildman–Crippen MR) is 110 cm³/mol. The summed E-state index contributed by atoms with van der Waals surface area (Å²) in [6.07, 6.45) is 2.63. The summed E-state index contributed by atoms with van der Waals surface area (Å²) in [5, 5.41) is 2.75. The van der Waals surface area contributed by atoms with Crippen molar-refractivity contribution in [3.8, 4) is 0 Å². The molecule has 8 heteroatoms. The summed E-state index contributed by atoms with van der Waals surface area (Å²) < 4.78 is 18.6. The van der Waals surface area contributed by atoms with Crippen LogP contribution in [-0.2, 0) is 9.53 Å². The van der Waals surface area contributed by atoms with Crippen molar-refractivity contribution in [1.82, 2.24) is 4.98 Å². The van der Waals surface area contributed by atoms with Gasteiger partial charge in [0, 0.05) is 30.9 Å². The summed E-state index contributed by atoms with van der Waals surface area (Å²) in [7, 11) is 0. The maximum Gasteiger partial charge on any atom is 0.342 e. The summed E-state index contributed by atoms with van der Waals surface area (Å²) in [4.78, 5) is 31.3. The van der Waals surface area contributed by atoms with E-state index in [-0.39, 0.29) is 23.0 Å². The van der Waals surface area contributed by atoms with E-state index in [1.165, 1.54) is 18.2 Å². The highest BCUT2D eigenvalue weighted by Gasteiger charge is 2.28. The molecular formula is C21H23ClFN3O3. The van der Waals surface area contributed by atoms with Crippen molar-refractivity contribution < 1.29 is 18.7 Å². The number of nitrogens with zero attached hydrogens (tertiary/aromatic N) is 2. The highest BCUT2D eigenvalue weighted by atomic mass is 35.5. The standard InChI is InChI=1S/C21H23ClFN3O3/c1-13(2)29-21(28)16-4-3-9-24-19(16)26-10-7-14(8-11-26)20(27)25-15-5-6-18(23)17(22)12-15/h3-6,9,12-14H,7-8,10-11H2,1-2H3,(H,25,27). The zero-order valence-electron chi connectivity index (χ0n) is 16.3. The van der Waals surface area contributed by atoms with Gasteiger partial charge in [-0.3, -0.25) is 4.79 Å². The molecule has 1 N–H and O–H groups in total. The van der Waals surface area contributed by atoms with Crippen molar-refractivity contribution in [3.63, 3.8) is 0 Å². The third-order valence-electron chi connectivity index (χ3n) is 4.70. The number of esters is 1. The van der Waals surface area contributed by atoms with Gasteiger partial charge in [0.1, 0.15) is 17.2 Å². The topological polar surface area (TPSA) is 71.5 Å². The molecule has 0 bridgehead atoms. The van der Waals surface area contributed by atoms with E-state index in [0.29, 0.717) is 43.0 Å². The van der Waals surface area contributed by atoms with Gasteiger partial charge in [0.25, 0.3) is 0 Å². The van der Waals surface area contributed by atoms with Crippen molar-refractivity contribution >= 4 is 35.0 Å². The maximum atomic E-state index is 13.3. The molecule has 2 aromatic rings. The molecule has 1 aliphatic heterocycles. The lowest BCUT2D eigenvalue weighted by molar-refractivity contribution is -0.120. The van der Waals surface area contributed by atoms with Gasteiger partial charge < -0.3 is 15.0 Å². The molecule has 1 fully saturated rings. The van der Waals surface area contributed by atoms with Gasteiger partial charge in [-0.15, -0.1) is 0 Å². The number of hydrogen-bond donors (Lipinski definition) is 1. The Kier molecular flexibility index (Phi) is 6.69. The molecule has 1 amide bonds. The first-order chi connectivity index (χ1) is 13.8. The SMILES string of the molecule is CC(C)OC(=O)c1cccnc1N1CCC(C(=O)Nc2ccc(F)c(Cl)c2)CC1. The summed E-state index contributed by atoms with van der Waals surface area (Å²) in [6, 6.07) is 7.50. The second kappa shape index (κ2) is 9.22. The van der Waals surface area contributed by atoms with Crippen LogP contribution in [0.2, 0.25) is 5.02 Å². The van der Waals surface area contributed by atoms with E-state index in [4.69, 9.17) is 16.3 Å². The number of rotatable bonds is 5. The second-order valence-corrected chi connectivity index (χ2v) is 7.62. The molecule has 1 aliphatic rings. The van der Waals surface area contributed by atoms with Crippen molar-refractivity contribution in [2.75, 3.05) is 23.3 Å². The first-order valence-corrected chi connectivity index (χ1v) is 9.90. The summed E-state index contributed by atoms with van der Waals surface area (Å²) in [5.41, 5.74) is 0.886. The molecule has 0 unspecified atom stereocenters. The van der Waals surface area contributed by atoms with Crippen LogP contribution in [-0.4, -0.2) is 36.1 Å². The lowest BCUT2D eigenvalue weighted by Crippen LogP contribution is -2.39. The fourth-order valence-electron chi connectivity index (χ4n) is 3.26. The fraction of sp³-hybridized carbons (Fsp3) is 0.381. The summed E-state index contributed by atoms with van der Waals surface area (Å²) >= 11 is 5.76. The molecule has 6 nitrogen and oxygen atoms in total. The van der Waals surface area contributed by atoms with Crippen LogP contribution in [0, 0.1) is 11.7 Å². The normalized spacial score (nSPS) is 14.7. The van der Waals surface area contributed by atoms with Crippen molar-refractivity contribution in [3.05, 3.63) is 52.9 Å². The quantitative estimate of drug-likeness (QED) is 0.732. The van der Waals surface area contributed by atoms with Crippen LogP contribution in [0.1, 0.15) is 37.0 Å². The zero-order valence-corrected chi connectivity index (χ0v) is 17.1. The molecule has 154 valence electrons. The molecule has 0 aliphatic carbocycles. The number of halogens is 2. The Hall–Kier alpha value is -2.67. The molecule has 29 heavy (non-hydrogen) atoms. The van der Waals surface area contributed by atoms with E-state index < -0.39 is 11.8 Å². The minimum Gasteiger partial charge on any atom is -0.459 e. The van der Waals surface area contributed by atoms with E-state index in [1.807, 2.05) is 4.90 Å². The van der Waals surface area contributed by atoms with E-state index in [0.717, 1.165) is 0 Å². The molecule has 2 heterocycles. The van der Waals surface area contributed by atoms with Gasteiger partial charge in [-0.05, 0) is 57.0 Å². The van der Waals surface area contributed by atoms with Crippen LogP contribution >= 0.6 is 11.6 Å². The van der Waals surface area contributed by atoms with E-state index in [2.05, 4.69) is 10.3 Å². The molecule has 1 aromatic heterocycles. The maximum absolute atomic E-state index is 13.3. The molecule has 0 spiro atoms. The van der Waals surface area contributed by atoms with Crippen LogP contribution in [0.5, 0.6) is 0 Å². The first kappa shape index (κ1) is 21.0. The molecule has 0 radical (unpaired) electrons. The predicted octanol–water partition coefficient (Wildman–Crippen LogP) is 4.29. The van der Waals surface area contributed by atoms with Crippen molar-refractivity contribution in [2.45, 2.75) is 32.8 Å². The Morgan fingerprint density at radius 2 is 2.00 bits per heavy atom. The number of carbonyl (C=O) groups is 2. The van der Waals surface area contributed by atoms with E-state index in [9.17, 15) is 14.0 Å². The van der Waals surface area contributed by atoms with Crippen LogP contribution < -0.4 is 10.2 Å². The molecular weight excluding hydrogens is 397 g/mol. The number of piperidine rings is 1. The minimum absolute atomic E-state index is 0.0337. The van der Waals surface area contributed by atoms with Gasteiger partial charge in [-0.1, -0.05) is 11.6 Å². The summed E-state index contributed by atoms with van der Waals surface area (Å²) in [6.45, 7) is 4.77. The largest absolute Gasteiger partial charge is 0.459 e. The number of anilines is 2. The smallest absolute Gasteiger partial charge is 0.342 e. The Morgan fingerprint density at radius 1 is 1.28 bits per heavy atom. The molecule has 1 aromatic carbocycles. The van der Waals surface area contributed by atoms with Gasteiger partial charge in [0.2, 0.25) is 5.91 Å². The zero-order chi connectivity index (χ0) is 21.0. The number of ether oxygens (including phenoxy) is 1. The molecule has 0 saturated carbocycles. The average Bonchev–Trinajstić information content (AvgIpc) is 2.70. The number of carbonyl (C=O) groups excluding carboxylic acids is 2. The van der Waals surface area contributed by atoms with E-state index >= 15 is 0 Å². The van der Waals surface area contributed by atoms with Crippen LogP contribution in [0.15, 0.2) is 36.5 Å². The minimum atomic E-state index is -0.528. The number of nitrogens with one attached hydrogen (secondary N) is 1. The lowest BCUT2D eigenvalue weighted by atomic mass is 9.95. The van der Waals surface area contributed by atoms with Gasteiger partial charge >= 0.3 is 5.97 Å². The fourth-order valence-corrected chi connectivity index (χ4v) is 3.44. The van der Waals surface area contributed by atoms with Gasteiger partial charge in [-0.25, -0.2) is 14.2 Å². The number of pyridine rings is 1. The Morgan fingerprint density at radius 3 is 2.66 bits per heavy atom. The highest BCUT2D eigenvalue weighted by Crippen LogP contribution is 2.27. The van der Waals surface area contributed by atoms with Gasteiger partial charge in [-0.2, -0.15) is 0 Å². The van der Waals surface area contributed by atoms with Crippen LogP contribution in [0.4, 0.5) is 15.9 Å². The second-order valence-electron chi connectivity index (χ2n) is 7.21. The average molecular weight is 420 g/mol. The number of amides is 1.